The van der Waals surface area contributed by atoms with Crippen molar-refractivity contribution in [3.63, 3.8) is 0 Å². The van der Waals surface area contributed by atoms with Crippen LogP contribution < -0.4 is 4.74 Å². The predicted molar refractivity (Wildman–Crippen MR) is 113 cm³/mol. The molecule has 2 heterocycles. The molecule has 0 bridgehead atoms. The van der Waals surface area contributed by atoms with Gasteiger partial charge < -0.3 is 9.30 Å². The molecule has 0 aliphatic carbocycles. The van der Waals surface area contributed by atoms with E-state index in [2.05, 4.69) is 64.0 Å². The summed E-state index contributed by atoms with van der Waals surface area (Å²) in [6.07, 6.45) is 6.56. The number of aryl methyl sites for hydroxylation is 1. The summed E-state index contributed by atoms with van der Waals surface area (Å²) < 4.78 is 7.90. The Labute approximate surface area is 167 Å². The fraction of sp³-hybridized carbons (Fsp3) is 0.375. The molecule has 1 fully saturated rings. The number of nitrogens with zero attached hydrogens (tertiary/aromatic N) is 3. The number of hydrogen-bond donors (Lipinski definition) is 0. The lowest BCUT2D eigenvalue weighted by atomic mass is 9.95. The molecule has 0 amide bonds. The van der Waals surface area contributed by atoms with E-state index in [4.69, 9.17) is 4.74 Å². The standard InChI is InChI=1S/C24H29N3O/c1-19-25-13-15-27(19)17-20-8-7-14-26(16-20)18-21-9-3-4-10-22(21)23-11-5-6-12-24(23)28-2/h3-6,9-13,15,20H,7-8,14,16-18H2,1-2H3/t20-/m1/s1. The molecule has 146 valence electrons. The molecule has 4 nitrogen and oxygen atoms in total. The molecule has 0 N–H and O–H groups in total. The van der Waals surface area contributed by atoms with E-state index in [1.807, 2.05) is 18.3 Å². The maximum absolute atomic E-state index is 5.61. The maximum atomic E-state index is 5.61. The molecule has 1 aliphatic rings. The lowest BCUT2D eigenvalue weighted by Gasteiger charge is -2.33. The second-order valence-corrected chi connectivity index (χ2v) is 7.73. The van der Waals surface area contributed by atoms with Gasteiger partial charge in [0.1, 0.15) is 11.6 Å². The molecule has 2 aromatic carbocycles. The first kappa shape index (κ1) is 18.8. The Bertz CT molecular complexity index is 917. The van der Waals surface area contributed by atoms with Gasteiger partial charge in [-0.1, -0.05) is 42.5 Å². The molecule has 1 saturated heterocycles. The molecule has 1 aliphatic heterocycles. The van der Waals surface area contributed by atoms with Crippen LogP contribution in [0.3, 0.4) is 0 Å². The van der Waals surface area contributed by atoms with E-state index < -0.39 is 0 Å². The minimum Gasteiger partial charge on any atom is -0.496 e. The predicted octanol–water partition coefficient (Wildman–Crippen LogP) is 4.78. The molecule has 0 spiro atoms. The van der Waals surface area contributed by atoms with Gasteiger partial charge in [-0.05, 0) is 49.4 Å². The molecule has 1 atom stereocenters. The minimum absolute atomic E-state index is 0.681. The van der Waals surface area contributed by atoms with E-state index >= 15 is 0 Å². The van der Waals surface area contributed by atoms with Gasteiger partial charge in [0.25, 0.3) is 0 Å². The van der Waals surface area contributed by atoms with Crippen molar-refractivity contribution in [3.8, 4) is 16.9 Å². The Balaban J connectivity index is 1.51. The topological polar surface area (TPSA) is 30.3 Å². The van der Waals surface area contributed by atoms with E-state index in [0.29, 0.717) is 5.92 Å². The van der Waals surface area contributed by atoms with Crippen LogP contribution in [0.25, 0.3) is 11.1 Å². The molecular formula is C24H29N3O. The van der Waals surface area contributed by atoms with Crippen molar-refractivity contribution in [2.75, 3.05) is 20.2 Å². The van der Waals surface area contributed by atoms with Crippen molar-refractivity contribution in [2.45, 2.75) is 32.9 Å². The number of para-hydroxylation sites is 1. The van der Waals surface area contributed by atoms with E-state index in [1.165, 1.54) is 36.1 Å². The average molecular weight is 376 g/mol. The fourth-order valence-corrected chi connectivity index (χ4v) is 4.35. The monoisotopic (exact) mass is 375 g/mol. The summed E-state index contributed by atoms with van der Waals surface area (Å²) >= 11 is 0. The number of imidazole rings is 1. The van der Waals surface area contributed by atoms with Gasteiger partial charge in [-0.3, -0.25) is 4.90 Å². The fourth-order valence-electron chi connectivity index (χ4n) is 4.35. The van der Waals surface area contributed by atoms with Crippen LogP contribution in [0.4, 0.5) is 0 Å². The normalized spacial score (nSPS) is 17.6. The van der Waals surface area contributed by atoms with Gasteiger partial charge in [-0.25, -0.2) is 4.98 Å². The van der Waals surface area contributed by atoms with Gasteiger partial charge in [0.15, 0.2) is 0 Å². The van der Waals surface area contributed by atoms with E-state index in [0.717, 1.165) is 31.2 Å². The molecule has 3 aromatic rings. The zero-order valence-electron chi connectivity index (χ0n) is 16.8. The molecule has 0 unspecified atom stereocenters. The van der Waals surface area contributed by atoms with Crippen LogP contribution in [0.15, 0.2) is 60.9 Å². The Morgan fingerprint density at radius 1 is 1.07 bits per heavy atom. The van der Waals surface area contributed by atoms with Gasteiger partial charge in [0.05, 0.1) is 7.11 Å². The highest BCUT2D eigenvalue weighted by atomic mass is 16.5. The van der Waals surface area contributed by atoms with Crippen molar-refractivity contribution >= 4 is 0 Å². The molecule has 0 saturated carbocycles. The summed E-state index contributed by atoms with van der Waals surface area (Å²) in [6.45, 7) is 6.44. The number of hydrogen-bond acceptors (Lipinski definition) is 3. The summed E-state index contributed by atoms with van der Waals surface area (Å²) in [5.41, 5.74) is 3.81. The zero-order chi connectivity index (χ0) is 19.3. The number of benzene rings is 2. The van der Waals surface area contributed by atoms with E-state index in [-0.39, 0.29) is 0 Å². The van der Waals surface area contributed by atoms with Crippen molar-refractivity contribution < 1.29 is 4.74 Å². The lowest BCUT2D eigenvalue weighted by Crippen LogP contribution is -2.36. The molecular weight excluding hydrogens is 346 g/mol. The first-order chi connectivity index (χ1) is 13.7. The lowest BCUT2D eigenvalue weighted by molar-refractivity contribution is 0.155. The summed E-state index contributed by atoms with van der Waals surface area (Å²) in [7, 11) is 1.74. The third kappa shape index (κ3) is 4.12. The largest absolute Gasteiger partial charge is 0.496 e. The summed E-state index contributed by atoms with van der Waals surface area (Å²) in [5, 5.41) is 0. The second-order valence-electron chi connectivity index (χ2n) is 7.73. The van der Waals surface area contributed by atoms with Crippen molar-refractivity contribution in [1.29, 1.82) is 0 Å². The van der Waals surface area contributed by atoms with Crippen molar-refractivity contribution in [3.05, 3.63) is 72.3 Å². The Morgan fingerprint density at radius 2 is 1.86 bits per heavy atom. The van der Waals surface area contributed by atoms with E-state index in [9.17, 15) is 0 Å². The van der Waals surface area contributed by atoms with Gasteiger partial charge in [-0.15, -0.1) is 0 Å². The third-order valence-corrected chi connectivity index (χ3v) is 5.79. The smallest absolute Gasteiger partial charge is 0.126 e. The second kappa shape index (κ2) is 8.61. The summed E-state index contributed by atoms with van der Waals surface area (Å²) in [5.74, 6) is 2.72. The van der Waals surface area contributed by atoms with Gasteiger partial charge in [0, 0.05) is 37.6 Å². The quantitative estimate of drug-likeness (QED) is 0.621. The number of ether oxygens (including phenoxy) is 1. The number of piperidine rings is 1. The first-order valence-corrected chi connectivity index (χ1v) is 10.2. The summed E-state index contributed by atoms with van der Waals surface area (Å²) in [4.78, 5) is 6.97. The number of rotatable bonds is 6. The van der Waals surface area contributed by atoms with Crippen LogP contribution >= 0.6 is 0 Å². The highest BCUT2D eigenvalue weighted by Crippen LogP contribution is 2.33. The molecule has 1 aromatic heterocycles. The Kier molecular flexibility index (Phi) is 5.77. The van der Waals surface area contributed by atoms with Gasteiger partial charge in [0.2, 0.25) is 0 Å². The number of methoxy groups -OCH3 is 1. The van der Waals surface area contributed by atoms with Crippen LogP contribution in [0.1, 0.15) is 24.2 Å². The van der Waals surface area contributed by atoms with Crippen LogP contribution in [0, 0.1) is 12.8 Å². The number of aromatic nitrogens is 2. The Morgan fingerprint density at radius 3 is 2.64 bits per heavy atom. The molecule has 28 heavy (non-hydrogen) atoms. The third-order valence-electron chi connectivity index (χ3n) is 5.79. The van der Waals surface area contributed by atoms with Crippen LogP contribution in [0.2, 0.25) is 0 Å². The minimum atomic E-state index is 0.681. The van der Waals surface area contributed by atoms with Crippen LogP contribution in [-0.2, 0) is 13.1 Å². The summed E-state index contributed by atoms with van der Waals surface area (Å²) in [6, 6.07) is 17.0. The van der Waals surface area contributed by atoms with E-state index in [1.54, 1.807) is 7.11 Å². The van der Waals surface area contributed by atoms with Crippen LogP contribution in [0.5, 0.6) is 5.75 Å². The van der Waals surface area contributed by atoms with Crippen LogP contribution in [-0.4, -0.2) is 34.7 Å². The van der Waals surface area contributed by atoms with Gasteiger partial charge >= 0.3 is 0 Å². The molecule has 0 radical (unpaired) electrons. The van der Waals surface area contributed by atoms with Gasteiger partial charge in [-0.2, -0.15) is 0 Å². The highest BCUT2D eigenvalue weighted by molar-refractivity contribution is 5.73. The highest BCUT2D eigenvalue weighted by Gasteiger charge is 2.22. The SMILES string of the molecule is COc1ccccc1-c1ccccc1CN1CCC[C@@H](Cn2ccnc2C)C1. The van der Waals surface area contributed by atoms with Crippen molar-refractivity contribution in [2.24, 2.45) is 5.92 Å². The zero-order valence-corrected chi connectivity index (χ0v) is 16.8. The molecule has 4 rings (SSSR count). The molecule has 4 heteroatoms. The van der Waals surface area contributed by atoms with Crippen molar-refractivity contribution in [1.82, 2.24) is 14.5 Å². The average Bonchev–Trinajstić information content (AvgIpc) is 3.13. The number of likely N-dealkylation sites (tertiary alicyclic amines) is 1. The Hall–Kier alpha value is -2.59. The first-order valence-electron chi connectivity index (χ1n) is 10.2. The maximum Gasteiger partial charge on any atom is 0.126 e.